The molecule has 1 aliphatic rings. The van der Waals surface area contributed by atoms with E-state index in [4.69, 9.17) is 0 Å². The Labute approximate surface area is 238 Å². The molecule has 1 saturated carbocycles. The fourth-order valence-corrected chi connectivity index (χ4v) is 6.63. The molecule has 1 rings (SSSR count). The molecule has 2 unspecified atom stereocenters. The summed E-state index contributed by atoms with van der Waals surface area (Å²) in [5.74, 6) is 1.70. The SMILES string of the molecule is C=CC(=O)CN(CCN(CC(C)=O)CC(=O)C(C)(C)C)CC(=O)NCCSC1CCC1SCCNC(C)C. The van der Waals surface area contributed by atoms with Crippen LogP contribution in [-0.4, -0.2) is 113 Å². The number of rotatable bonds is 21. The van der Waals surface area contributed by atoms with E-state index in [1.54, 1.807) is 9.80 Å². The van der Waals surface area contributed by atoms with E-state index in [-0.39, 0.29) is 49.4 Å². The smallest absolute Gasteiger partial charge is 0.234 e. The van der Waals surface area contributed by atoms with E-state index in [9.17, 15) is 19.2 Å². The van der Waals surface area contributed by atoms with Crippen LogP contribution >= 0.6 is 23.5 Å². The van der Waals surface area contributed by atoms with Crippen molar-refractivity contribution in [2.45, 2.75) is 70.9 Å². The first kappa shape index (κ1) is 34.8. The maximum atomic E-state index is 12.6. The fraction of sp³-hybridized carbons (Fsp3) is 0.786. The van der Waals surface area contributed by atoms with Crippen molar-refractivity contribution in [3.8, 4) is 0 Å². The minimum Gasteiger partial charge on any atom is -0.354 e. The minimum atomic E-state index is -0.505. The second kappa shape index (κ2) is 18.2. The summed E-state index contributed by atoms with van der Waals surface area (Å²) >= 11 is 3.98. The van der Waals surface area contributed by atoms with Gasteiger partial charge in [0, 0.05) is 59.6 Å². The highest BCUT2D eigenvalue weighted by molar-refractivity contribution is 8.04. The second-order valence-electron chi connectivity index (χ2n) is 11.3. The molecule has 0 heterocycles. The summed E-state index contributed by atoms with van der Waals surface area (Å²) in [6, 6.07) is 0.522. The number of amides is 1. The Balaban J connectivity index is 2.48. The van der Waals surface area contributed by atoms with Crippen molar-refractivity contribution in [1.82, 2.24) is 20.4 Å². The molecule has 0 bridgehead atoms. The molecule has 0 aromatic carbocycles. The fourth-order valence-electron chi connectivity index (χ4n) is 3.79. The van der Waals surface area contributed by atoms with E-state index in [2.05, 4.69) is 31.1 Å². The first-order valence-electron chi connectivity index (χ1n) is 13.7. The number of thioether (sulfide) groups is 2. The summed E-state index contributed by atoms with van der Waals surface area (Å²) in [4.78, 5) is 52.5. The quantitative estimate of drug-likeness (QED) is 0.159. The van der Waals surface area contributed by atoms with Gasteiger partial charge >= 0.3 is 0 Å². The zero-order valence-corrected chi connectivity index (χ0v) is 26.0. The highest BCUT2D eigenvalue weighted by atomic mass is 32.2. The van der Waals surface area contributed by atoms with Gasteiger partial charge in [0.2, 0.25) is 5.91 Å². The normalized spacial score (nSPS) is 17.5. The Morgan fingerprint density at radius 2 is 1.47 bits per heavy atom. The lowest BCUT2D eigenvalue weighted by Gasteiger charge is -2.35. The van der Waals surface area contributed by atoms with Crippen LogP contribution in [0.4, 0.5) is 0 Å². The topological polar surface area (TPSA) is 98.8 Å². The van der Waals surface area contributed by atoms with Crippen LogP contribution in [0.2, 0.25) is 0 Å². The molecule has 10 heteroatoms. The van der Waals surface area contributed by atoms with Gasteiger partial charge in [0.1, 0.15) is 5.78 Å². The summed E-state index contributed by atoms with van der Waals surface area (Å²) in [7, 11) is 0. The largest absolute Gasteiger partial charge is 0.354 e. The van der Waals surface area contributed by atoms with Crippen LogP contribution in [0.15, 0.2) is 12.7 Å². The number of nitrogens with zero attached hydrogens (tertiary/aromatic N) is 2. The lowest BCUT2D eigenvalue weighted by molar-refractivity contribution is -0.129. The molecule has 0 aromatic heterocycles. The Morgan fingerprint density at radius 3 is 1.95 bits per heavy atom. The van der Waals surface area contributed by atoms with Gasteiger partial charge in [0.05, 0.1) is 26.2 Å². The van der Waals surface area contributed by atoms with E-state index in [1.807, 2.05) is 44.3 Å². The van der Waals surface area contributed by atoms with E-state index >= 15 is 0 Å². The lowest BCUT2D eigenvalue weighted by atomic mass is 9.90. The summed E-state index contributed by atoms with van der Waals surface area (Å²) in [6.07, 6.45) is 3.76. The third-order valence-corrected chi connectivity index (χ3v) is 9.29. The van der Waals surface area contributed by atoms with Crippen LogP contribution in [0.5, 0.6) is 0 Å². The molecule has 1 aliphatic carbocycles. The predicted octanol–water partition coefficient (Wildman–Crippen LogP) is 2.66. The molecule has 0 aliphatic heterocycles. The number of carbonyl (C=O) groups is 4. The molecule has 1 fully saturated rings. The maximum Gasteiger partial charge on any atom is 0.234 e. The molecule has 38 heavy (non-hydrogen) atoms. The Kier molecular flexibility index (Phi) is 16.7. The van der Waals surface area contributed by atoms with Gasteiger partial charge in [-0.15, -0.1) is 0 Å². The van der Waals surface area contributed by atoms with Crippen LogP contribution in [-0.2, 0) is 19.2 Å². The van der Waals surface area contributed by atoms with Crippen LogP contribution in [0, 0.1) is 5.41 Å². The zero-order chi connectivity index (χ0) is 28.7. The molecule has 218 valence electrons. The molecular formula is C28H50N4O4S2. The van der Waals surface area contributed by atoms with Crippen molar-refractivity contribution >= 4 is 46.8 Å². The minimum absolute atomic E-state index is 0.0324. The number of nitrogens with one attached hydrogen (secondary N) is 2. The van der Waals surface area contributed by atoms with Crippen molar-refractivity contribution in [1.29, 1.82) is 0 Å². The highest BCUT2D eigenvalue weighted by Crippen LogP contribution is 2.39. The van der Waals surface area contributed by atoms with Crippen LogP contribution in [0.3, 0.4) is 0 Å². The number of Topliss-reactive ketones (excluding diaryl/α,β-unsaturated/α-hetero) is 2. The van der Waals surface area contributed by atoms with Gasteiger partial charge in [0.25, 0.3) is 0 Å². The Morgan fingerprint density at radius 1 is 0.921 bits per heavy atom. The van der Waals surface area contributed by atoms with Gasteiger partial charge in [-0.1, -0.05) is 41.2 Å². The molecule has 2 atom stereocenters. The molecule has 0 spiro atoms. The predicted molar refractivity (Wildman–Crippen MR) is 161 cm³/mol. The number of ketones is 3. The summed E-state index contributed by atoms with van der Waals surface area (Å²) in [5, 5.41) is 7.80. The number of carbonyl (C=O) groups excluding carboxylic acids is 4. The molecule has 0 aromatic rings. The van der Waals surface area contributed by atoms with Crippen molar-refractivity contribution in [2.75, 3.05) is 63.9 Å². The zero-order valence-electron chi connectivity index (χ0n) is 24.3. The molecule has 0 saturated heterocycles. The summed E-state index contributed by atoms with van der Waals surface area (Å²) in [6.45, 7) is 17.8. The summed E-state index contributed by atoms with van der Waals surface area (Å²) < 4.78 is 0. The van der Waals surface area contributed by atoms with Crippen LogP contribution < -0.4 is 10.6 Å². The summed E-state index contributed by atoms with van der Waals surface area (Å²) in [5.41, 5.74) is -0.505. The lowest BCUT2D eigenvalue weighted by Crippen LogP contribution is -2.46. The third kappa shape index (κ3) is 15.4. The third-order valence-electron chi connectivity index (χ3n) is 6.25. The molecule has 8 nitrogen and oxygen atoms in total. The molecular weight excluding hydrogens is 520 g/mol. The first-order valence-corrected chi connectivity index (χ1v) is 15.8. The van der Waals surface area contributed by atoms with Crippen molar-refractivity contribution < 1.29 is 19.2 Å². The van der Waals surface area contributed by atoms with Crippen LogP contribution in [0.1, 0.15) is 54.4 Å². The number of hydrogen-bond donors (Lipinski definition) is 2. The monoisotopic (exact) mass is 570 g/mol. The second-order valence-corrected chi connectivity index (χ2v) is 14.0. The first-order chi connectivity index (χ1) is 17.8. The van der Waals surface area contributed by atoms with Crippen LogP contribution in [0.25, 0.3) is 0 Å². The van der Waals surface area contributed by atoms with Gasteiger partial charge in [-0.05, 0) is 25.8 Å². The van der Waals surface area contributed by atoms with Gasteiger partial charge in [0.15, 0.2) is 11.6 Å². The number of hydrogen-bond acceptors (Lipinski definition) is 9. The van der Waals surface area contributed by atoms with Crippen molar-refractivity contribution in [2.24, 2.45) is 5.41 Å². The average Bonchev–Trinajstić information content (AvgIpc) is 2.79. The van der Waals surface area contributed by atoms with Crippen molar-refractivity contribution in [3.05, 3.63) is 12.7 Å². The maximum absolute atomic E-state index is 12.6. The highest BCUT2D eigenvalue weighted by Gasteiger charge is 2.31. The van der Waals surface area contributed by atoms with E-state index < -0.39 is 5.41 Å². The van der Waals surface area contributed by atoms with Gasteiger partial charge < -0.3 is 10.6 Å². The van der Waals surface area contributed by atoms with E-state index in [0.29, 0.717) is 36.2 Å². The van der Waals surface area contributed by atoms with E-state index in [1.165, 1.54) is 25.8 Å². The molecule has 2 N–H and O–H groups in total. The van der Waals surface area contributed by atoms with E-state index in [0.717, 1.165) is 18.1 Å². The molecule has 1 amide bonds. The Bertz CT molecular complexity index is 785. The van der Waals surface area contributed by atoms with Gasteiger partial charge in [-0.2, -0.15) is 23.5 Å². The molecule has 0 radical (unpaired) electrons. The van der Waals surface area contributed by atoms with Crippen molar-refractivity contribution in [3.63, 3.8) is 0 Å². The van der Waals surface area contributed by atoms with Gasteiger partial charge in [-0.25, -0.2) is 0 Å². The Hall–Kier alpha value is -1.20. The van der Waals surface area contributed by atoms with Gasteiger partial charge in [-0.3, -0.25) is 29.0 Å². The average molecular weight is 571 g/mol. The standard InChI is InChI=1S/C28H50N4O4S2/c1-8-23(34)18-32(14-13-31(17-22(4)33)19-26(35)28(5,6)7)20-27(36)30-12-16-38-25-10-9-24(25)37-15-11-29-21(2)3/h8,21,24-25,29H,1,9-20H2,2-7H3,(H,30,36).